The van der Waals surface area contributed by atoms with E-state index >= 15 is 0 Å². The van der Waals surface area contributed by atoms with Crippen molar-refractivity contribution >= 4 is 27.3 Å². The van der Waals surface area contributed by atoms with Crippen molar-refractivity contribution < 1.29 is 4.42 Å². The van der Waals surface area contributed by atoms with Gasteiger partial charge in [-0.1, -0.05) is 15.9 Å². The molecular formula is C10H9BrOS. The molecule has 1 atom stereocenters. The van der Waals surface area contributed by atoms with Gasteiger partial charge in [0.1, 0.15) is 10.6 Å². The first kappa shape index (κ1) is 9.03. The Morgan fingerprint density at radius 2 is 2.23 bits per heavy atom. The molecule has 0 aliphatic carbocycles. The van der Waals surface area contributed by atoms with Gasteiger partial charge in [-0.2, -0.15) is 0 Å². The molecule has 0 fully saturated rings. The van der Waals surface area contributed by atoms with E-state index in [1.54, 1.807) is 17.6 Å². The van der Waals surface area contributed by atoms with Gasteiger partial charge >= 0.3 is 0 Å². The Kier molecular flexibility index (Phi) is 2.56. The molecule has 13 heavy (non-hydrogen) atoms. The van der Waals surface area contributed by atoms with Gasteiger partial charge in [-0.3, -0.25) is 0 Å². The van der Waals surface area contributed by atoms with Crippen LogP contribution in [-0.2, 0) is 0 Å². The monoisotopic (exact) mass is 256 g/mol. The molecule has 2 aromatic heterocycles. The van der Waals surface area contributed by atoms with Gasteiger partial charge in [0, 0.05) is 9.75 Å². The first-order chi connectivity index (χ1) is 6.27. The Labute approximate surface area is 89.5 Å². The summed E-state index contributed by atoms with van der Waals surface area (Å²) in [5, 5.41) is 0. The zero-order valence-corrected chi connectivity index (χ0v) is 9.56. The highest BCUT2D eigenvalue weighted by molar-refractivity contribution is 9.09. The van der Waals surface area contributed by atoms with Gasteiger partial charge in [-0.05, 0) is 31.2 Å². The predicted octanol–water partition coefficient (Wildman–Crippen LogP) is 4.13. The van der Waals surface area contributed by atoms with Crippen molar-refractivity contribution in [1.29, 1.82) is 0 Å². The van der Waals surface area contributed by atoms with Gasteiger partial charge in [-0.15, -0.1) is 11.3 Å². The SMILES string of the molecule is Cc1ccc(C(Br)c2ccco2)s1. The minimum Gasteiger partial charge on any atom is -0.468 e. The average molecular weight is 257 g/mol. The summed E-state index contributed by atoms with van der Waals surface area (Å²) >= 11 is 5.39. The van der Waals surface area contributed by atoms with E-state index in [1.807, 2.05) is 12.1 Å². The van der Waals surface area contributed by atoms with Crippen molar-refractivity contribution in [3.63, 3.8) is 0 Å². The molecule has 2 rings (SSSR count). The molecule has 3 heteroatoms. The van der Waals surface area contributed by atoms with Gasteiger partial charge in [0.15, 0.2) is 0 Å². The highest BCUT2D eigenvalue weighted by Crippen LogP contribution is 2.35. The molecule has 0 amide bonds. The molecule has 1 nitrogen and oxygen atoms in total. The highest BCUT2D eigenvalue weighted by atomic mass is 79.9. The molecule has 0 bridgehead atoms. The summed E-state index contributed by atoms with van der Waals surface area (Å²) in [6.07, 6.45) is 1.70. The van der Waals surface area contributed by atoms with Crippen LogP contribution in [-0.4, -0.2) is 0 Å². The van der Waals surface area contributed by atoms with Gasteiger partial charge in [0.25, 0.3) is 0 Å². The lowest BCUT2D eigenvalue weighted by molar-refractivity contribution is 0.521. The maximum atomic E-state index is 5.32. The summed E-state index contributed by atoms with van der Waals surface area (Å²) in [4.78, 5) is 2.81. The standard InChI is InChI=1S/C10H9BrOS/c1-7-4-5-9(13-7)10(11)8-3-2-6-12-8/h2-6,10H,1H3. The predicted molar refractivity (Wildman–Crippen MR) is 58.5 cm³/mol. The topological polar surface area (TPSA) is 13.1 Å². The molecule has 68 valence electrons. The average Bonchev–Trinajstić information content (AvgIpc) is 2.72. The van der Waals surface area contributed by atoms with Crippen molar-refractivity contribution in [1.82, 2.24) is 0 Å². The molecule has 0 spiro atoms. The minimum atomic E-state index is 0.196. The number of alkyl halides is 1. The number of rotatable bonds is 2. The number of thiophene rings is 1. The molecule has 0 aliphatic heterocycles. The van der Waals surface area contributed by atoms with E-state index in [0.717, 1.165) is 5.76 Å². The van der Waals surface area contributed by atoms with Gasteiger partial charge in [0.05, 0.1) is 6.26 Å². The van der Waals surface area contributed by atoms with Gasteiger partial charge < -0.3 is 4.42 Å². The van der Waals surface area contributed by atoms with Crippen molar-refractivity contribution in [3.05, 3.63) is 46.0 Å². The van der Waals surface area contributed by atoms with E-state index in [-0.39, 0.29) is 4.83 Å². The zero-order chi connectivity index (χ0) is 9.26. The Morgan fingerprint density at radius 3 is 2.77 bits per heavy atom. The summed E-state index contributed by atoms with van der Waals surface area (Å²) in [6.45, 7) is 2.11. The van der Waals surface area contributed by atoms with Gasteiger partial charge in [0.2, 0.25) is 0 Å². The Morgan fingerprint density at radius 1 is 1.38 bits per heavy atom. The molecule has 2 aromatic rings. The van der Waals surface area contributed by atoms with Crippen molar-refractivity contribution in [2.75, 3.05) is 0 Å². The molecule has 0 saturated heterocycles. The first-order valence-electron chi connectivity index (χ1n) is 4.01. The maximum Gasteiger partial charge on any atom is 0.122 e. The number of hydrogen-bond donors (Lipinski definition) is 0. The summed E-state index contributed by atoms with van der Waals surface area (Å²) in [7, 11) is 0. The third kappa shape index (κ3) is 1.86. The molecule has 0 radical (unpaired) electrons. The summed E-state index contributed by atoms with van der Waals surface area (Å²) < 4.78 is 5.32. The van der Waals surface area contributed by atoms with Crippen molar-refractivity contribution in [3.8, 4) is 0 Å². The second-order valence-corrected chi connectivity index (χ2v) is 5.06. The minimum absolute atomic E-state index is 0.196. The molecule has 2 heterocycles. The quantitative estimate of drug-likeness (QED) is 0.737. The van der Waals surface area contributed by atoms with Crippen LogP contribution >= 0.6 is 27.3 Å². The summed E-state index contributed by atoms with van der Waals surface area (Å²) in [5.41, 5.74) is 0. The fourth-order valence-electron chi connectivity index (χ4n) is 1.17. The normalized spacial score (nSPS) is 13.1. The van der Waals surface area contributed by atoms with Crippen LogP contribution in [0.15, 0.2) is 34.9 Å². The fourth-order valence-corrected chi connectivity index (χ4v) is 2.72. The van der Waals surface area contributed by atoms with E-state index in [0.29, 0.717) is 0 Å². The molecule has 0 aliphatic rings. The highest BCUT2D eigenvalue weighted by Gasteiger charge is 2.14. The number of furan rings is 1. The molecular weight excluding hydrogens is 248 g/mol. The molecule has 0 N–H and O–H groups in total. The number of hydrogen-bond acceptors (Lipinski definition) is 2. The zero-order valence-electron chi connectivity index (χ0n) is 7.16. The third-order valence-electron chi connectivity index (χ3n) is 1.80. The Bertz CT molecular complexity index is 377. The van der Waals surface area contributed by atoms with E-state index in [1.165, 1.54) is 9.75 Å². The van der Waals surface area contributed by atoms with E-state index in [4.69, 9.17) is 4.42 Å². The smallest absolute Gasteiger partial charge is 0.122 e. The van der Waals surface area contributed by atoms with Crippen LogP contribution in [0.5, 0.6) is 0 Å². The molecule has 0 saturated carbocycles. The Balaban J connectivity index is 2.28. The van der Waals surface area contributed by atoms with Crippen LogP contribution in [0.25, 0.3) is 0 Å². The largest absolute Gasteiger partial charge is 0.468 e. The second-order valence-electron chi connectivity index (χ2n) is 2.83. The fraction of sp³-hybridized carbons (Fsp3) is 0.200. The number of halogens is 1. The summed E-state index contributed by atoms with van der Waals surface area (Å²) in [5.74, 6) is 0.960. The molecule has 1 unspecified atom stereocenters. The van der Waals surface area contributed by atoms with E-state index in [9.17, 15) is 0 Å². The van der Waals surface area contributed by atoms with Crippen molar-refractivity contribution in [2.45, 2.75) is 11.8 Å². The lowest BCUT2D eigenvalue weighted by Crippen LogP contribution is -1.84. The second kappa shape index (κ2) is 3.68. The van der Waals surface area contributed by atoms with Crippen molar-refractivity contribution in [2.24, 2.45) is 0 Å². The van der Waals surface area contributed by atoms with Crippen LogP contribution in [0.3, 0.4) is 0 Å². The first-order valence-corrected chi connectivity index (χ1v) is 5.74. The van der Waals surface area contributed by atoms with Crippen LogP contribution in [0, 0.1) is 6.92 Å². The van der Waals surface area contributed by atoms with E-state index < -0.39 is 0 Å². The number of aryl methyl sites for hydroxylation is 1. The third-order valence-corrected chi connectivity index (χ3v) is 4.12. The van der Waals surface area contributed by atoms with Crippen LogP contribution in [0.4, 0.5) is 0 Å². The van der Waals surface area contributed by atoms with Crippen LogP contribution in [0.1, 0.15) is 20.3 Å². The lowest BCUT2D eigenvalue weighted by Gasteiger charge is -2.02. The van der Waals surface area contributed by atoms with Crippen LogP contribution in [0.2, 0.25) is 0 Å². The lowest BCUT2D eigenvalue weighted by atomic mass is 10.3. The van der Waals surface area contributed by atoms with Crippen LogP contribution < -0.4 is 0 Å². The van der Waals surface area contributed by atoms with Gasteiger partial charge in [-0.25, -0.2) is 0 Å². The summed E-state index contributed by atoms with van der Waals surface area (Å²) in [6, 6.07) is 8.14. The molecule has 0 aromatic carbocycles. The Hall–Kier alpha value is -0.540. The maximum absolute atomic E-state index is 5.32. The van der Waals surface area contributed by atoms with E-state index in [2.05, 4.69) is 35.0 Å².